The fraction of sp³-hybridized carbons (Fsp3) is 0.350. The lowest BCUT2D eigenvalue weighted by atomic mass is 10.2. The Morgan fingerprint density at radius 2 is 1.97 bits per heavy atom. The van der Waals surface area contributed by atoms with Crippen LogP contribution in [-0.2, 0) is 14.8 Å². The Morgan fingerprint density at radius 1 is 1.22 bits per heavy atom. The number of methoxy groups -OCH3 is 1. The molecule has 12 heteroatoms. The second kappa shape index (κ2) is 10.4. The van der Waals surface area contributed by atoms with Gasteiger partial charge in [0.1, 0.15) is 5.69 Å². The summed E-state index contributed by atoms with van der Waals surface area (Å²) in [5.41, 5.74) is 2.94. The number of anilines is 1. The van der Waals surface area contributed by atoms with Crippen LogP contribution in [0.15, 0.2) is 46.4 Å². The van der Waals surface area contributed by atoms with E-state index in [1.54, 1.807) is 18.2 Å². The smallest absolute Gasteiger partial charge is 0.295 e. The Hall–Kier alpha value is -3.22. The Bertz CT molecular complexity index is 1100. The zero-order valence-corrected chi connectivity index (χ0v) is 18.5. The second-order valence-corrected chi connectivity index (χ2v) is 8.60. The first kappa shape index (κ1) is 23.4. The molecule has 11 nitrogen and oxygen atoms in total. The molecule has 0 amide bonds. The molecule has 1 saturated heterocycles. The van der Waals surface area contributed by atoms with Gasteiger partial charge in [0.15, 0.2) is 11.5 Å². The van der Waals surface area contributed by atoms with Crippen molar-refractivity contribution in [1.29, 1.82) is 0 Å². The number of morpholine rings is 1. The monoisotopic (exact) mass is 464 g/mol. The van der Waals surface area contributed by atoms with E-state index in [2.05, 4.69) is 10.5 Å². The largest absolute Gasteiger partial charge is 0.493 e. The quantitative estimate of drug-likeness (QED) is 0.340. The number of nitro benzene ring substituents is 1. The summed E-state index contributed by atoms with van der Waals surface area (Å²) >= 11 is 0. The average Bonchev–Trinajstić information content (AvgIpc) is 2.80. The van der Waals surface area contributed by atoms with Gasteiger partial charge in [-0.1, -0.05) is 0 Å². The molecule has 1 N–H and O–H groups in total. The molecule has 0 bridgehead atoms. The molecule has 1 aliphatic rings. The highest BCUT2D eigenvalue weighted by atomic mass is 32.2. The molecule has 2 aromatic rings. The van der Waals surface area contributed by atoms with Gasteiger partial charge in [0, 0.05) is 19.2 Å². The van der Waals surface area contributed by atoms with Gasteiger partial charge in [0.2, 0.25) is 10.0 Å². The van der Waals surface area contributed by atoms with E-state index in [0.717, 1.165) is 6.07 Å². The molecule has 0 unspecified atom stereocenters. The summed E-state index contributed by atoms with van der Waals surface area (Å²) in [5.74, 6) is 1.12. The summed E-state index contributed by atoms with van der Waals surface area (Å²) < 4.78 is 42.7. The van der Waals surface area contributed by atoms with Gasteiger partial charge in [0.25, 0.3) is 5.69 Å². The Morgan fingerprint density at radius 3 is 2.62 bits per heavy atom. The van der Waals surface area contributed by atoms with Gasteiger partial charge in [-0.05, 0) is 42.8 Å². The molecular weight excluding hydrogens is 440 g/mol. The van der Waals surface area contributed by atoms with E-state index in [4.69, 9.17) is 14.2 Å². The third-order valence-electron chi connectivity index (χ3n) is 4.66. The first-order valence-electron chi connectivity index (χ1n) is 9.83. The van der Waals surface area contributed by atoms with Crippen molar-refractivity contribution in [1.82, 2.24) is 4.31 Å². The van der Waals surface area contributed by atoms with Crippen LogP contribution in [-0.4, -0.2) is 63.9 Å². The van der Waals surface area contributed by atoms with Crippen LogP contribution in [0.5, 0.6) is 11.5 Å². The van der Waals surface area contributed by atoms with E-state index in [0.29, 0.717) is 23.7 Å². The topological polar surface area (TPSA) is 133 Å². The molecule has 0 saturated carbocycles. The average molecular weight is 465 g/mol. The number of ether oxygens (including phenoxy) is 3. The van der Waals surface area contributed by atoms with Crippen molar-refractivity contribution in [2.45, 2.75) is 11.8 Å². The molecule has 0 spiro atoms. The van der Waals surface area contributed by atoms with Crippen molar-refractivity contribution >= 4 is 27.6 Å². The number of nitro groups is 1. The molecule has 1 aliphatic heterocycles. The normalized spacial score (nSPS) is 14.9. The minimum atomic E-state index is -3.86. The SMILES string of the molecule is CCOc1ccc(/C=N\Nc2ccc(S(=O)(=O)N3CCOCC3)cc2[N+](=O)[O-])cc1OC. The zero-order valence-electron chi connectivity index (χ0n) is 17.7. The van der Waals surface area contributed by atoms with Gasteiger partial charge < -0.3 is 14.2 Å². The van der Waals surface area contributed by atoms with Crippen molar-refractivity contribution in [3.05, 3.63) is 52.1 Å². The predicted molar refractivity (Wildman–Crippen MR) is 118 cm³/mol. The first-order valence-corrected chi connectivity index (χ1v) is 11.3. The van der Waals surface area contributed by atoms with E-state index in [1.807, 2.05) is 6.92 Å². The van der Waals surface area contributed by atoms with E-state index in [9.17, 15) is 18.5 Å². The van der Waals surface area contributed by atoms with Crippen molar-refractivity contribution in [3.8, 4) is 11.5 Å². The zero-order chi connectivity index (χ0) is 23.1. The summed E-state index contributed by atoms with van der Waals surface area (Å²) in [4.78, 5) is 10.7. The van der Waals surface area contributed by atoms with Crippen LogP contribution in [0.4, 0.5) is 11.4 Å². The van der Waals surface area contributed by atoms with Crippen LogP contribution in [0, 0.1) is 10.1 Å². The number of nitrogens with one attached hydrogen (secondary N) is 1. The number of nitrogens with zero attached hydrogens (tertiary/aromatic N) is 3. The lowest BCUT2D eigenvalue weighted by Gasteiger charge is -2.26. The Kier molecular flexibility index (Phi) is 7.62. The lowest BCUT2D eigenvalue weighted by molar-refractivity contribution is -0.384. The molecule has 0 aromatic heterocycles. The predicted octanol–water partition coefficient (Wildman–Crippen LogP) is 2.47. The molecule has 1 heterocycles. The fourth-order valence-electron chi connectivity index (χ4n) is 3.07. The second-order valence-electron chi connectivity index (χ2n) is 6.67. The molecule has 172 valence electrons. The van der Waals surface area contributed by atoms with E-state index in [-0.39, 0.29) is 36.9 Å². The van der Waals surface area contributed by atoms with Crippen LogP contribution in [0.3, 0.4) is 0 Å². The van der Waals surface area contributed by atoms with Gasteiger partial charge in [-0.15, -0.1) is 0 Å². The van der Waals surface area contributed by atoms with Crippen LogP contribution in [0.25, 0.3) is 0 Å². The highest BCUT2D eigenvalue weighted by Crippen LogP contribution is 2.30. The summed E-state index contributed by atoms with van der Waals surface area (Å²) in [7, 11) is -2.34. The molecule has 0 atom stereocenters. The summed E-state index contributed by atoms with van der Waals surface area (Å²) in [6, 6.07) is 8.87. The van der Waals surface area contributed by atoms with Crippen LogP contribution in [0.2, 0.25) is 0 Å². The van der Waals surface area contributed by atoms with Gasteiger partial charge >= 0.3 is 0 Å². The summed E-state index contributed by atoms with van der Waals surface area (Å²) in [5, 5.41) is 15.6. The third-order valence-corrected chi connectivity index (χ3v) is 6.55. The molecule has 2 aromatic carbocycles. The van der Waals surface area contributed by atoms with Gasteiger partial charge in [0.05, 0.1) is 43.0 Å². The maximum absolute atomic E-state index is 12.8. The summed E-state index contributed by atoms with van der Waals surface area (Å²) in [6.07, 6.45) is 1.46. The maximum atomic E-state index is 12.8. The van der Waals surface area contributed by atoms with Crippen LogP contribution >= 0.6 is 0 Å². The summed E-state index contributed by atoms with van der Waals surface area (Å²) in [6.45, 7) is 3.32. The Balaban J connectivity index is 1.80. The number of hydrogen-bond donors (Lipinski definition) is 1. The Labute approximate surface area is 185 Å². The maximum Gasteiger partial charge on any atom is 0.295 e. The van der Waals surface area contributed by atoms with E-state index < -0.39 is 20.6 Å². The van der Waals surface area contributed by atoms with Gasteiger partial charge in [-0.3, -0.25) is 15.5 Å². The first-order chi connectivity index (χ1) is 15.4. The number of hydrazone groups is 1. The van der Waals surface area contributed by atoms with Crippen molar-refractivity contribution in [2.75, 3.05) is 45.4 Å². The number of benzene rings is 2. The van der Waals surface area contributed by atoms with Crippen LogP contribution < -0.4 is 14.9 Å². The lowest BCUT2D eigenvalue weighted by Crippen LogP contribution is -2.40. The standard InChI is InChI=1S/C20H24N4O7S/c1-3-31-19-7-4-15(12-20(19)29-2)14-21-22-17-6-5-16(13-18(17)24(25)26)32(27,28)23-8-10-30-11-9-23/h4-7,12-14,22H,3,8-11H2,1-2H3/b21-14-. The van der Waals surface area contributed by atoms with Gasteiger partial charge in [-0.25, -0.2) is 8.42 Å². The van der Waals surface area contributed by atoms with E-state index in [1.165, 1.54) is 29.8 Å². The number of sulfonamides is 1. The van der Waals surface area contributed by atoms with Crippen molar-refractivity contribution in [2.24, 2.45) is 5.10 Å². The third kappa shape index (κ3) is 5.33. The number of hydrogen-bond acceptors (Lipinski definition) is 9. The minimum absolute atomic E-state index is 0.0603. The highest BCUT2D eigenvalue weighted by Gasteiger charge is 2.28. The molecule has 1 fully saturated rings. The molecule has 32 heavy (non-hydrogen) atoms. The molecule has 0 radical (unpaired) electrons. The highest BCUT2D eigenvalue weighted by molar-refractivity contribution is 7.89. The van der Waals surface area contributed by atoms with Gasteiger partial charge in [-0.2, -0.15) is 9.41 Å². The molecular formula is C20H24N4O7S. The van der Waals surface area contributed by atoms with Crippen molar-refractivity contribution < 1.29 is 27.6 Å². The number of rotatable bonds is 9. The molecule has 3 rings (SSSR count). The van der Waals surface area contributed by atoms with Crippen LogP contribution in [0.1, 0.15) is 12.5 Å². The fourth-order valence-corrected chi connectivity index (χ4v) is 4.50. The molecule has 0 aliphatic carbocycles. The van der Waals surface area contributed by atoms with Crippen molar-refractivity contribution in [3.63, 3.8) is 0 Å². The van der Waals surface area contributed by atoms with E-state index >= 15 is 0 Å². The minimum Gasteiger partial charge on any atom is -0.493 e.